The number of nitrogens with zero attached hydrogens (tertiary/aromatic N) is 6. The minimum absolute atomic E-state index is 0.0103. The Kier molecular flexibility index (Phi) is 7.31. The maximum absolute atomic E-state index is 16.2. The number of benzene rings is 1. The Morgan fingerprint density at radius 2 is 1.74 bits per heavy atom. The van der Waals surface area contributed by atoms with Gasteiger partial charge in [0.25, 0.3) is 5.92 Å². The van der Waals surface area contributed by atoms with Crippen LogP contribution in [-0.2, 0) is 22.8 Å². The van der Waals surface area contributed by atoms with Crippen LogP contribution in [0.4, 0.5) is 17.6 Å². The molecular formula is C31H26F4N8O2S. The van der Waals surface area contributed by atoms with Crippen molar-refractivity contribution in [1.82, 2.24) is 40.0 Å². The van der Waals surface area contributed by atoms with Crippen LogP contribution >= 0.6 is 0 Å². The Balaban J connectivity index is 1.25. The third-order valence-electron chi connectivity index (χ3n) is 7.92. The molecule has 1 aliphatic rings. The summed E-state index contributed by atoms with van der Waals surface area (Å²) >= 11 is 0. The van der Waals surface area contributed by atoms with Gasteiger partial charge >= 0.3 is 0 Å². The van der Waals surface area contributed by atoms with Gasteiger partial charge in [0.2, 0.25) is 0 Å². The highest BCUT2D eigenvalue weighted by Gasteiger charge is 2.38. The molecule has 236 valence electrons. The number of aryl methyl sites for hydroxylation is 1. The van der Waals surface area contributed by atoms with Crippen LogP contribution in [-0.4, -0.2) is 79.5 Å². The van der Waals surface area contributed by atoms with Gasteiger partial charge in [-0.2, -0.15) is 5.10 Å². The van der Waals surface area contributed by atoms with Crippen molar-refractivity contribution in [3.8, 4) is 33.9 Å². The molecule has 2 N–H and O–H groups in total. The topological polar surface area (TPSA) is 133 Å². The van der Waals surface area contributed by atoms with Crippen LogP contribution in [0, 0.1) is 11.6 Å². The first-order valence-electron chi connectivity index (χ1n) is 14.3. The second-order valence-electron chi connectivity index (χ2n) is 11.6. The van der Waals surface area contributed by atoms with E-state index in [2.05, 4.69) is 30.1 Å². The average molecular weight is 651 g/mol. The van der Waals surface area contributed by atoms with Gasteiger partial charge in [0.1, 0.15) is 27.0 Å². The molecule has 1 aromatic carbocycles. The molecule has 6 heterocycles. The first-order valence-corrected chi connectivity index (χ1v) is 16.4. The molecule has 15 heteroatoms. The van der Waals surface area contributed by atoms with Gasteiger partial charge in [-0.1, -0.05) is 6.07 Å². The third-order valence-corrected chi connectivity index (χ3v) is 8.86. The summed E-state index contributed by atoms with van der Waals surface area (Å²) in [6, 6.07) is 5.98. The van der Waals surface area contributed by atoms with E-state index in [0.29, 0.717) is 44.4 Å². The first-order chi connectivity index (χ1) is 21.9. The van der Waals surface area contributed by atoms with E-state index < -0.39 is 27.4 Å². The lowest BCUT2D eigenvalue weighted by molar-refractivity contribution is 0.0115. The number of pyridine rings is 3. The molecule has 0 amide bonds. The zero-order chi connectivity index (χ0) is 32.2. The second kappa shape index (κ2) is 11.2. The van der Waals surface area contributed by atoms with Gasteiger partial charge < -0.3 is 4.98 Å². The fourth-order valence-electron chi connectivity index (χ4n) is 5.76. The monoisotopic (exact) mass is 650 g/mol. The van der Waals surface area contributed by atoms with E-state index in [1.165, 1.54) is 36.9 Å². The molecule has 0 unspecified atom stereocenters. The molecule has 10 nitrogen and oxygen atoms in total. The van der Waals surface area contributed by atoms with Crippen LogP contribution in [0.5, 0.6) is 0 Å². The zero-order valence-corrected chi connectivity index (χ0v) is 25.2. The zero-order valence-electron chi connectivity index (χ0n) is 24.4. The van der Waals surface area contributed by atoms with Crippen molar-refractivity contribution in [2.75, 3.05) is 25.1 Å². The SMILES string of the molecule is CS(=O)(=O)CCc1cc(F)cc(-c2cncc3[nH]c(-c4n[nH]c5cnc(-c6cncc(CN7CCC(F)(F)C7)c6)c(F)c45)nc23)c1. The van der Waals surface area contributed by atoms with Crippen molar-refractivity contribution in [3.05, 3.63) is 78.0 Å². The molecule has 0 bridgehead atoms. The van der Waals surface area contributed by atoms with Gasteiger partial charge in [-0.15, -0.1) is 0 Å². The fraction of sp³-hybridized carbons (Fsp3) is 0.258. The standard InChI is InChI=1S/C31H26F4N8O2S/c1-46(44,45)5-2-17-6-19(9-21(32)8-17)22-12-37-13-24-28(22)40-30(39-24)29-25-23(41-42-29)14-38-27(26(25)33)20-7-18(10-36-11-20)15-43-4-3-31(34,35)16-43/h6-14H,2-5,15-16H2,1H3,(H,39,40)(H,41,42). The summed E-state index contributed by atoms with van der Waals surface area (Å²) in [4.78, 5) is 22.2. The number of likely N-dealkylation sites (tertiary alicyclic amines) is 1. The van der Waals surface area contributed by atoms with Gasteiger partial charge in [-0.25, -0.2) is 31.0 Å². The van der Waals surface area contributed by atoms with Crippen LogP contribution < -0.4 is 0 Å². The van der Waals surface area contributed by atoms with Gasteiger partial charge in [-0.3, -0.25) is 25.0 Å². The minimum Gasteiger partial charge on any atom is -0.335 e. The molecule has 0 saturated carbocycles. The summed E-state index contributed by atoms with van der Waals surface area (Å²) < 4.78 is 81.6. The summed E-state index contributed by atoms with van der Waals surface area (Å²) in [7, 11) is -3.25. The summed E-state index contributed by atoms with van der Waals surface area (Å²) in [5.41, 5.74) is 3.90. The number of halogens is 4. The largest absolute Gasteiger partial charge is 0.335 e. The Labute approximate surface area is 259 Å². The van der Waals surface area contributed by atoms with Crippen LogP contribution in [0.15, 0.2) is 55.2 Å². The van der Waals surface area contributed by atoms with E-state index in [1.807, 2.05) is 0 Å². The first kappa shape index (κ1) is 29.9. The van der Waals surface area contributed by atoms with Crippen molar-refractivity contribution >= 4 is 31.8 Å². The molecule has 6 aromatic rings. The fourth-order valence-corrected chi connectivity index (χ4v) is 6.37. The Hall–Kier alpha value is -4.76. The summed E-state index contributed by atoms with van der Waals surface area (Å²) in [6.45, 7) is 0.163. The average Bonchev–Trinajstić information content (AvgIpc) is 3.72. The number of aromatic nitrogens is 7. The number of imidazole rings is 1. The van der Waals surface area contributed by atoms with Crippen LogP contribution in [0.25, 0.3) is 55.8 Å². The predicted molar refractivity (Wildman–Crippen MR) is 164 cm³/mol. The second-order valence-corrected chi connectivity index (χ2v) is 13.8. The van der Waals surface area contributed by atoms with Crippen molar-refractivity contribution in [2.45, 2.75) is 25.3 Å². The van der Waals surface area contributed by atoms with Gasteiger partial charge in [0.15, 0.2) is 11.6 Å². The van der Waals surface area contributed by atoms with Crippen LogP contribution in [0.2, 0.25) is 0 Å². The number of aromatic amines is 2. The van der Waals surface area contributed by atoms with E-state index in [1.54, 1.807) is 23.2 Å². The number of rotatable bonds is 8. The molecule has 7 rings (SSSR count). The molecule has 1 fully saturated rings. The molecule has 0 aliphatic carbocycles. The predicted octanol–water partition coefficient (Wildman–Crippen LogP) is 5.33. The molecule has 46 heavy (non-hydrogen) atoms. The lowest BCUT2D eigenvalue weighted by Crippen LogP contribution is -2.24. The smallest absolute Gasteiger partial charge is 0.261 e. The van der Waals surface area contributed by atoms with Gasteiger partial charge in [0, 0.05) is 55.5 Å². The molecule has 0 radical (unpaired) electrons. The normalized spacial score (nSPS) is 15.3. The van der Waals surface area contributed by atoms with Crippen molar-refractivity contribution in [1.29, 1.82) is 0 Å². The summed E-state index contributed by atoms with van der Waals surface area (Å²) in [5.74, 6) is -3.84. The number of fused-ring (bicyclic) bond motifs is 2. The van der Waals surface area contributed by atoms with Gasteiger partial charge in [0.05, 0.1) is 46.6 Å². The van der Waals surface area contributed by atoms with E-state index in [9.17, 15) is 21.6 Å². The number of H-pyrrole nitrogens is 2. The van der Waals surface area contributed by atoms with E-state index in [-0.39, 0.29) is 60.8 Å². The number of hydrogen-bond donors (Lipinski definition) is 2. The molecule has 1 saturated heterocycles. The van der Waals surface area contributed by atoms with Crippen molar-refractivity contribution < 1.29 is 26.0 Å². The van der Waals surface area contributed by atoms with Gasteiger partial charge in [-0.05, 0) is 41.3 Å². The molecule has 5 aromatic heterocycles. The lowest BCUT2D eigenvalue weighted by atomic mass is 10.0. The Bertz CT molecular complexity index is 2240. The lowest BCUT2D eigenvalue weighted by Gasteiger charge is -2.15. The minimum atomic E-state index is -3.25. The number of hydrogen-bond acceptors (Lipinski definition) is 8. The summed E-state index contributed by atoms with van der Waals surface area (Å²) in [5, 5.41) is 7.21. The summed E-state index contributed by atoms with van der Waals surface area (Å²) in [6.07, 6.45) is 8.58. The molecular weight excluding hydrogens is 624 g/mol. The van der Waals surface area contributed by atoms with Crippen molar-refractivity contribution in [2.24, 2.45) is 0 Å². The molecule has 1 aliphatic heterocycles. The highest BCUT2D eigenvalue weighted by molar-refractivity contribution is 7.90. The number of sulfone groups is 1. The van der Waals surface area contributed by atoms with E-state index in [4.69, 9.17) is 4.98 Å². The highest BCUT2D eigenvalue weighted by Crippen LogP contribution is 2.35. The van der Waals surface area contributed by atoms with E-state index in [0.717, 1.165) is 6.26 Å². The third kappa shape index (κ3) is 5.95. The van der Waals surface area contributed by atoms with Crippen molar-refractivity contribution in [3.63, 3.8) is 0 Å². The number of alkyl halides is 2. The van der Waals surface area contributed by atoms with Crippen LogP contribution in [0.1, 0.15) is 17.5 Å². The van der Waals surface area contributed by atoms with E-state index >= 15 is 4.39 Å². The maximum Gasteiger partial charge on any atom is 0.261 e. The maximum atomic E-state index is 16.2. The van der Waals surface area contributed by atoms with Crippen LogP contribution in [0.3, 0.4) is 0 Å². The quantitative estimate of drug-likeness (QED) is 0.211. The number of nitrogens with one attached hydrogen (secondary N) is 2. The molecule has 0 spiro atoms. The Morgan fingerprint density at radius 1 is 0.935 bits per heavy atom. The Morgan fingerprint density at radius 3 is 2.52 bits per heavy atom. The molecule has 0 atom stereocenters. The highest BCUT2D eigenvalue weighted by atomic mass is 32.2.